The molecule has 0 aliphatic carbocycles. The number of hydrogen-bond acceptors (Lipinski definition) is 4. The summed E-state index contributed by atoms with van der Waals surface area (Å²) in [5.41, 5.74) is 1.22. The first kappa shape index (κ1) is 14.5. The number of carbonyl (C=O) groups is 2. The second-order valence-electron chi connectivity index (χ2n) is 4.77. The zero-order chi connectivity index (χ0) is 14.5. The molecule has 1 aliphatic heterocycles. The van der Waals surface area contributed by atoms with E-state index in [9.17, 15) is 9.59 Å². The fraction of sp³-hybridized carbons (Fsp3) is 0.467. The average Bonchev–Trinajstić information content (AvgIpc) is 2.46. The molecule has 2 rings (SSSR count). The highest BCUT2D eigenvalue weighted by Gasteiger charge is 2.25. The van der Waals surface area contributed by atoms with Gasteiger partial charge in [-0.25, -0.2) is 0 Å². The number of aliphatic hydroxyl groups excluding tert-OH is 1. The van der Waals surface area contributed by atoms with Gasteiger partial charge in [-0.2, -0.15) is 0 Å². The number of amides is 1. The van der Waals surface area contributed by atoms with E-state index in [-0.39, 0.29) is 24.9 Å². The molecular weight excluding hydrogens is 258 g/mol. The lowest BCUT2D eigenvalue weighted by Gasteiger charge is -2.29. The Morgan fingerprint density at radius 3 is 2.95 bits per heavy atom. The van der Waals surface area contributed by atoms with Crippen LogP contribution in [0.2, 0.25) is 0 Å². The molecule has 0 unspecified atom stereocenters. The van der Waals surface area contributed by atoms with Crippen LogP contribution in [0, 0.1) is 0 Å². The second-order valence-corrected chi connectivity index (χ2v) is 4.77. The van der Waals surface area contributed by atoms with Crippen molar-refractivity contribution in [1.29, 1.82) is 0 Å². The second kappa shape index (κ2) is 6.52. The molecule has 5 nitrogen and oxygen atoms in total. The number of fused-ring (bicyclic) bond motifs is 1. The van der Waals surface area contributed by atoms with Gasteiger partial charge in [-0.3, -0.25) is 9.59 Å². The molecule has 0 saturated carbocycles. The molecule has 20 heavy (non-hydrogen) atoms. The van der Waals surface area contributed by atoms with Crippen LogP contribution in [-0.2, 0) is 4.79 Å². The Bertz CT molecular complexity index is 513. The molecule has 0 saturated heterocycles. The van der Waals surface area contributed by atoms with Crippen LogP contribution >= 0.6 is 0 Å². The summed E-state index contributed by atoms with van der Waals surface area (Å²) in [6.07, 6.45) is 1.78. The van der Waals surface area contributed by atoms with Gasteiger partial charge < -0.3 is 14.7 Å². The first-order chi connectivity index (χ1) is 9.67. The van der Waals surface area contributed by atoms with Crippen molar-refractivity contribution in [3.8, 4) is 5.75 Å². The highest BCUT2D eigenvalue weighted by atomic mass is 16.5. The molecule has 0 bridgehead atoms. The largest absolute Gasteiger partial charge is 0.482 e. The van der Waals surface area contributed by atoms with E-state index in [1.807, 2.05) is 6.92 Å². The summed E-state index contributed by atoms with van der Waals surface area (Å²) in [7, 11) is 0. The molecule has 108 valence electrons. The van der Waals surface area contributed by atoms with Gasteiger partial charge >= 0.3 is 0 Å². The summed E-state index contributed by atoms with van der Waals surface area (Å²) in [5.74, 6) is 0.525. The monoisotopic (exact) mass is 277 g/mol. The first-order valence-electron chi connectivity index (χ1n) is 6.88. The molecular formula is C15H19NO4. The van der Waals surface area contributed by atoms with E-state index in [4.69, 9.17) is 9.84 Å². The predicted molar refractivity (Wildman–Crippen MR) is 75.2 cm³/mol. The summed E-state index contributed by atoms with van der Waals surface area (Å²) in [4.78, 5) is 25.4. The summed E-state index contributed by atoms with van der Waals surface area (Å²) >= 11 is 0. The number of benzene rings is 1. The lowest BCUT2D eigenvalue weighted by Crippen LogP contribution is -2.39. The maximum Gasteiger partial charge on any atom is 0.265 e. The number of ether oxygens (including phenoxy) is 1. The number of carbonyl (C=O) groups excluding carboxylic acids is 2. The van der Waals surface area contributed by atoms with E-state index in [1.54, 1.807) is 23.1 Å². The van der Waals surface area contributed by atoms with Crippen molar-refractivity contribution in [1.82, 2.24) is 0 Å². The number of nitrogens with zero attached hydrogens (tertiary/aromatic N) is 1. The molecule has 1 aromatic carbocycles. The van der Waals surface area contributed by atoms with Crippen LogP contribution in [0.4, 0.5) is 5.69 Å². The average molecular weight is 277 g/mol. The molecule has 5 heteroatoms. The molecule has 1 heterocycles. The van der Waals surface area contributed by atoms with E-state index in [1.165, 1.54) is 0 Å². The van der Waals surface area contributed by atoms with Gasteiger partial charge in [0, 0.05) is 25.1 Å². The predicted octanol–water partition coefficient (Wildman–Crippen LogP) is 1.78. The first-order valence-corrected chi connectivity index (χ1v) is 6.88. The van der Waals surface area contributed by atoms with Crippen molar-refractivity contribution in [3.63, 3.8) is 0 Å². The zero-order valence-corrected chi connectivity index (χ0v) is 11.6. The standard InChI is InChI=1S/C15H19NO4/c1-2-4-13(18)11-5-6-14-12(9-11)16(7-3-8-17)15(19)10-20-14/h5-6,9,17H,2-4,7-8,10H2,1H3. The number of Topliss-reactive ketones (excluding diaryl/α,β-unsaturated/α-hetero) is 1. The molecule has 1 amide bonds. The van der Waals surface area contributed by atoms with E-state index in [0.29, 0.717) is 36.4 Å². The van der Waals surface area contributed by atoms with E-state index < -0.39 is 0 Å². The lowest BCUT2D eigenvalue weighted by atomic mass is 10.0. The fourth-order valence-electron chi connectivity index (χ4n) is 2.22. The van der Waals surface area contributed by atoms with E-state index in [2.05, 4.69) is 0 Å². The van der Waals surface area contributed by atoms with E-state index >= 15 is 0 Å². The molecule has 1 N–H and O–H groups in total. The Kier molecular flexibility index (Phi) is 4.74. The minimum Gasteiger partial charge on any atom is -0.482 e. The summed E-state index contributed by atoms with van der Waals surface area (Å²) in [6.45, 7) is 2.41. The Morgan fingerprint density at radius 2 is 2.25 bits per heavy atom. The normalized spacial score (nSPS) is 13.9. The molecule has 0 spiro atoms. The van der Waals surface area contributed by atoms with Crippen LogP contribution in [0.5, 0.6) is 5.75 Å². The molecule has 0 aromatic heterocycles. The van der Waals surface area contributed by atoms with Crippen molar-refractivity contribution in [3.05, 3.63) is 23.8 Å². The van der Waals surface area contributed by atoms with Gasteiger partial charge in [-0.05, 0) is 31.0 Å². The Labute approximate surface area is 118 Å². The number of ketones is 1. The number of aliphatic hydroxyl groups is 1. The molecule has 0 fully saturated rings. The van der Waals surface area contributed by atoms with Crippen molar-refractivity contribution in [2.75, 3.05) is 24.7 Å². The van der Waals surface area contributed by atoms with Crippen molar-refractivity contribution in [2.24, 2.45) is 0 Å². The van der Waals surface area contributed by atoms with Crippen molar-refractivity contribution < 1.29 is 19.4 Å². The summed E-state index contributed by atoms with van der Waals surface area (Å²) in [5, 5.41) is 8.92. The SMILES string of the molecule is CCCC(=O)c1ccc2c(c1)N(CCCO)C(=O)CO2. The van der Waals surface area contributed by atoms with Crippen molar-refractivity contribution >= 4 is 17.4 Å². The van der Waals surface area contributed by atoms with Gasteiger partial charge in [0.05, 0.1) is 5.69 Å². The minimum absolute atomic E-state index is 0.000676. The van der Waals surface area contributed by atoms with Gasteiger partial charge in [-0.15, -0.1) is 0 Å². The highest BCUT2D eigenvalue weighted by molar-refractivity contribution is 6.01. The Balaban J connectivity index is 2.30. The Hall–Kier alpha value is -1.88. The Morgan fingerprint density at radius 1 is 1.45 bits per heavy atom. The topological polar surface area (TPSA) is 66.8 Å². The van der Waals surface area contributed by atoms with Gasteiger partial charge in [0.1, 0.15) is 5.75 Å². The van der Waals surface area contributed by atoms with Crippen LogP contribution in [0.15, 0.2) is 18.2 Å². The molecule has 1 aromatic rings. The third-order valence-corrected chi connectivity index (χ3v) is 3.24. The van der Waals surface area contributed by atoms with Crippen LogP contribution in [-0.4, -0.2) is 36.6 Å². The third-order valence-electron chi connectivity index (χ3n) is 3.24. The van der Waals surface area contributed by atoms with Crippen LogP contribution in [0.1, 0.15) is 36.5 Å². The van der Waals surface area contributed by atoms with Gasteiger partial charge in [0.2, 0.25) is 0 Å². The minimum atomic E-state index is -0.147. The van der Waals surface area contributed by atoms with Crippen LogP contribution in [0.3, 0.4) is 0 Å². The molecule has 1 aliphatic rings. The number of anilines is 1. The summed E-state index contributed by atoms with van der Waals surface area (Å²) < 4.78 is 5.38. The smallest absolute Gasteiger partial charge is 0.265 e. The number of hydrogen-bond donors (Lipinski definition) is 1. The fourth-order valence-corrected chi connectivity index (χ4v) is 2.22. The van der Waals surface area contributed by atoms with Crippen LogP contribution < -0.4 is 9.64 Å². The van der Waals surface area contributed by atoms with Gasteiger partial charge in [0.25, 0.3) is 5.91 Å². The lowest BCUT2D eigenvalue weighted by molar-refractivity contribution is -0.121. The molecule has 0 atom stereocenters. The van der Waals surface area contributed by atoms with Crippen molar-refractivity contribution in [2.45, 2.75) is 26.2 Å². The zero-order valence-electron chi connectivity index (χ0n) is 11.6. The third kappa shape index (κ3) is 2.99. The number of rotatable bonds is 6. The van der Waals surface area contributed by atoms with Gasteiger partial charge in [0.15, 0.2) is 12.4 Å². The maximum atomic E-state index is 11.9. The summed E-state index contributed by atoms with van der Waals surface area (Å²) in [6, 6.07) is 5.18. The highest BCUT2D eigenvalue weighted by Crippen LogP contribution is 2.33. The van der Waals surface area contributed by atoms with E-state index in [0.717, 1.165) is 6.42 Å². The van der Waals surface area contributed by atoms with Crippen LogP contribution in [0.25, 0.3) is 0 Å². The molecule has 0 radical (unpaired) electrons. The maximum absolute atomic E-state index is 11.9. The van der Waals surface area contributed by atoms with Gasteiger partial charge in [-0.1, -0.05) is 6.92 Å². The quantitative estimate of drug-likeness (QED) is 0.805.